The molecule has 1 aliphatic rings. The predicted octanol–water partition coefficient (Wildman–Crippen LogP) is 2.64. The van der Waals surface area contributed by atoms with E-state index in [1.165, 1.54) is 10.6 Å². The number of carbonyl (C=O) groups is 2. The number of benzene rings is 1. The Labute approximate surface area is 180 Å². The average molecular weight is 422 g/mol. The Morgan fingerprint density at radius 2 is 2.06 bits per heavy atom. The van der Waals surface area contributed by atoms with Gasteiger partial charge in [-0.1, -0.05) is 0 Å². The van der Waals surface area contributed by atoms with Crippen molar-refractivity contribution in [2.24, 2.45) is 13.0 Å². The van der Waals surface area contributed by atoms with Crippen molar-refractivity contribution in [2.45, 2.75) is 32.7 Å². The molecule has 8 nitrogen and oxygen atoms in total. The molecule has 1 saturated heterocycles. The third kappa shape index (κ3) is 4.52. The first kappa shape index (κ1) is 20.8. The number of fused-ring (bicyclic) bond motifs is 1. The normalized spacial score (nSPS) is 16.5. The summed E-state index contributed by atoms with van der Waals surface area (Å²) in [5.74, 6) is -0.0541. The number of carbonyl (C=O) groups excluding carboxylic acids is 2. The van der Waals surface area contributed by atoms with Gasteiger partial charge < -0.3 is 19.4 Å². The van der Waals surface area contributed by atoms with E-state index in [-0.39, 0.29) is 23.3 Å². The predicted molar refractivity (Wildman–Crippen MR) is 119 cm³/mol. The standard InChI is InChI=1S/C23H27N5O3/c1-3-27-15-24-19-12-18(7-8-20(19)27)25-21(29)11-16-5-4-10-28(13-16)23(31)17-6-9-22(30)26(2)14-17/h6-9,12,14-16H,3-5,10-11,13H2,1-2H3,(H,25,29). The number of pyridine rings is 1. The lowest BCUT2D eigenvalue weighted by Crippen LogP contribution is -2.41. The van der Waals surface area contributed by atoms with Gasteiger partial charge in [-0.25, -0.2) is 4.98 Å². The van der Waals surface area contributed by atoms with Crippen molar-refractivity contribution in [2.75, 3.05) is 18.4 Å². The van der Waals surface area contributed by atoms with Gasteiger partial charge in [0.1, 0.15) is 0 Å². The molecule has 0 aliphatic carbocycles. The number of hydrogen-bond acceptors (Lipinski definition) is 4. The van der Waals surface area contributed by atoms with E-state index in [4.69, 9.17) is 0 Å². The Balaban J connectivity index is 1.37. The smallest absolute Gasteiger partial charge is 0.255 e. The molecule has 1 atom stereocenters. The Morgan fingerprint density at radius 1 is 1.23 bits per heavy atom. The first-order valence-electron chi connectivity index (χ1n) is 10.7. The number of nitrogens with zero attached hydrogens (tertiary/aromatic N) is 4. The molecule has 1 N–H and O–H groups in total. The van der Waals surface area contributed by atoms with Gasteiger partial charge in [0.2, 0.25) is 11.5 Å². The van der Waals surface area contributed by atoms with Crippen LogP contribution in [0.25, 0.3) is 11.0 Å². The van der Waals surface area contributed by atoms with Gasteiger partial charge in [-0.15, -0.1) is 0 Å². The number of piperidine rings is 1. The van der Waals surface area contributed by atoms with E-state index in [9.17, 15) is 14.4 Å². The summed E-state index contributed by atoms with van der Waals surface area (Å²) in [5.41, 5.74) is 2.97. The minimum Gasteiger partial charge on any atom is -0.338 e. The highest BCUT2D eigenvalue weighted by Crippen LogP contribution is 2.23. The summed E-state index contributed by atoms with van der Waals surface area (Å²) in [5, 5.41) is 2.97. The van der Waals surface area contributed by atoms with Crippen LogP contribution in [-0.2, 0) is 18.4 Å². The molecule has 4 rings (SSSR count). The lowest BCUT2D eigenvalue weighted by molar-refractivity contribution is -0.117. The van der Waals surface area contributed by atoms with E-state index in [1.54, 1.807) is 30.5 Å². The molecule has 1 fully saturated rings. The first-order valence-corrected chi connectivity index (χ1v) is 10.7. The number of rotatable bonds is 5. The van der Waals surface area contributed by atoms with Crippen LogP contribution in [0.1, 0.15) is 36.5 Å². The zero-order valence-corrected chi connectivity index (χ0v) is 17.9. The maximum absolute atomic E-state index is 12.8. The fourth-order valence-corrected chi connectivity index (χ4v) is 4.19. The van der Waals surface area contributed by atoms with Crippen LogP contribution < -0.4 is 10.9 Å². The minimum atomic E-state index is -0.149. The van der Waals surface area contributed by atoms with E-state index in [2.05, 4.69) is 21.8 Å². The summed E-state index contributed by atoms with van der Waals surface area (Å²) in [7, 11) is 1.63. The van der Waals surface area contributed by atoms with Crippen molar-refractivity contribution in [3.63, 3.8) is 0 Å². The summed E-state index contributed by atoms with van der Waals surface area (Å²) in [6, 6.07) is 8.72. The van der Waals surface area contributed by atoms with E-state index in [0.717, 1.165) is 36.1 Å². The maximum Gasteiger partial charge on any atom is 0.255 e. The summed E-state index contributed by atoms with van der Waals surface area (Å²) in [6.45, 7) is 4.11. The van der Waals surface area contributed by atoms with Gasteiger partial charge in [0.05, 0.1) is 22.9 Å². The van der Waals surface area contributed by atoms with Crippen molar-refractivity contribution in [3.05, 3.63) is 58.8 Å². The molecular weight excluding hydrogens is 394 g/mol. The molecule has 162 valence electrons. The fraction of sp³-hybridized carbons (Fsp3) is 0.391. The van der Waals surface area contributed by atoms with Crippen LogP contribution in [0.15, 0.2) is 47.7 Å². The van der Waals surface area contributed by atoms with Crippen LogP contribution >= 0.6 is 0 Å². The number of nitrogens with one attached hydrogen (secondary N) is 1. The second kappa shape index (κ2) is 8.75. The molecule has 3 aromatic rings. The largest absolute Gasteiger partial charge is 0.338 e. The molecular formula is C23H27N5O3. The van der Waals surface area contributed by atoms with Crippen LogP contribution in [0, 0.1) is 5.92 Å². The van der Waals surface area contributed by atoms with E-state index in [0.29, 0.717) is 25.1 Å². The van der Waals surface area contributed by atoms with E-state index < -0.39 is 0 Å². The van der Waals surface area contributed by atoms with Crippen LogP contribution in [0.4, 0.5) is 5.69 Å². The average Bonchev–Trinajstić information content (AvgIpc) is 3.17. The topological polar surface area (TPSA) is 89.2 Å². The number of hydrogen-bond donors (Lipinski definition) is 1. The molecule has 0 bridgehead atoms. The lowest BCUT2D eigenvalue weighted by Gasteiger charge is -2.32. The van der Waals surface area contributed by atoms with Crippen molar-refractivity contribution in [1.29, 1.82) is 0 Å². The van der Waals surface area contributed by atoms with Gasteiger partial charge in [0.25, 0.3) is 5.91 Å². The number of aryl methyl sites for hydroxylation is 2. The summed E-state index contributed by atoms with van der Waals surface area (Å²) >= 11 is 0. The quantitative estimate of drug-likeness (QED) is 0.686. The van der Waals surface area contributed by atoms with E-state index in [1.807, 2.05) is 18.2 Å². The molecule has 3 heterocycles. The van der Waals surface area contributed by atoms with Gasteiger partial charge in [0, 0.05) is 51.1 Å². The monoisotopic (exact) mass is 421 g/mol. The molecule has 0 radical (unpaired) electrons. The number of likely N-dealkylation sites (tertiary alicyclic amines) is 1. The molecule has 2 aromatic heterocycles. The Morgan fingerprint density at radius 3 is 2.84 bits per heavy atom. The molecule has 31 heavy (non-hydrogen) atoms. The van der Waals surface area contributed by atoms with Gasteiger partial charge in [-0.3, -0.25) is 14.4 Å². The van der Waals surface area contributed by atoms with Gasteiger partial charge in [-0.2, -0.15) is 0 Å². The molecule has 1 aliphatic heterocycles. The van der Waals surface area contributed by atoms with Crippen LogP contribution in [0.2, 0.25) is 0 Å². The molecule has 8 heteroatoms. The second-order valence-electron chi connectivity index (χ2n) is 8.11. The van der Waals surface area contributed by atoms with Crippen LogP contribution in [0.3, 0.4) is 0 Å². The minimum absolute atomic E-state index is 0.0596. The maximum atomic E-state index is 12.8. The summed E-state index contributed by atoms with van der Waals surface area (Å²) in [6.07, 6.45) is 5.49. The third-order valence-electron chi connectivity index (χ3n) is 5.86. The first-order chi connectivity index (χ1) is 14.9. The number of aromatic nitrogens is 3. The number of amides is 2. The van der Waals surface area contributed by atoms with Gasteiger partial charge in [-0.05, 0) is 49.9 Å². The highest BCUT2D eigenvalue weighted by Gasteiger charge is 2.26. The molecule has 2 amide bonds. The Hall–Kier alpha value is -3.42. The molecule has 0 spiro atoms. The highest BCUT2D eigenvalue weighted by atomic mass is 16.2. The zero-order valence-electron chi connectivity index (χ0n) is 17.9. The molecule has 0 saturated carbocycles. The Bertz CT molecular complexity index is 1180. The van der Waals surface area contributed by atoms with Crippen LogP contribution in [-0.4, -0.2) is 43.9 Å². The SMILES string of the molecule is CCn1cnc2cc(NC(=O)CC3CCCN(C(=O)c4ccc(=O)n(C)c4)C3)ccc21. The highest BCUT2D eigenvalue weighted by molar-refractivity contribution is 5.95. The lowest BCUT2D eigenvalue weighted by atomic mass is 9.94. The van der Waals surface area contributed by atoms with E-state index >= 15 is 0 Å². The number of anilines is 1. The second-order valence-corrected chi connectivity index (χ2v) is 8.11. The summed E-state index contributed by atoms with van der Waals surface area (Å²) < 4.78 is 3.46. The van der Waals surface area contributed by atoms with Crippen molar-refractivity contribution in [1.82, 2.24) is 19.0 Å². The van der Waals surface area contributed by atoms with Gasteiger partial charge >= 0.3 is 0 Å². The van der Waals surface area contributed by atoms with Gasteiger partial charge in [0.15, 0.2) is 0 Å². The fourth-order valence-electron chi connectivity index (χ4n) is 4.19. The summed E-state index contributed by atoms with van der Waals surface area (Å²) in [4.78, 5) is 43.2. The van der Waals surface area contributed by atoms with Crippen molar-refractivity contribution in [3.8, 4) is 0 Å². The van der Waals surface area contributed by atoms with Crippen molar-refractivity contribution >= 4 is 28.5 Å². The zero-order chi connectivity index (χ0) is 22.0. The van der Waals surface area contributed by atoms with Crippen molar-refractivity contribution < 1.29 is 9.59 Å². The number of imidazole rings is 1. The third-order valence-corrected chi connectivity index (χ3v) is 5.86. The Kier molecular flexibility index (Phi) is 5.88. The molecule has 1 aromatic carbocycles. The molecule has 1 unspecified atom stereocenters. The van der Waals surface area contributed by atoms with Crippen LogP contribution in [0.5, 0.6) is 0 Å².